The van der Waals surface area contributed by atoms with Gasteiger partial charge in [-0.25, -0.2) is 13.1 Å². The molecule has 0 spiro atoms. The van der Waals surface area contributed by atoms with Crippen molar-refractivity contribution in [1.82, 2.24) is 9.71 Å². The summed E-state index contributed by atoms with van der Waals surface area (Å²) >= 11 is 0. The van der Waals surface area contributed by atoms with Gasteiger partial charge in [0.25, 0.3) is 0 Å². The van der Waals surface area contributed by atoms with E-state index in [9.17, 15) is 8.42 Å². The van der Waals surface area contributed by atoms with Crippen molar-refractivity contribution in [3.63, 3.8) is 0 Å². The number of hydrogen-bond donors (Lipinski definition) is 2. The average Bonchev–Trinajstić information content (AvgIpc) is 2.52. The van der Waals surface area contributed by atoms with E-state index in [1.54, 1.807) is 30.5 Å². The number of benzene rings is 1. The van der Waals surface area contributed by atoms with E-state index in [1.807, 2.05) is 6.07 Å². The maximum atomic E-state index is 12.6. The van der Waals surface area contributed by atoms with Crippen molar-refractivity contribution < 1.29 is 8.42 Å². The van der Waals surface area contributed by atoms with Gasteiger partial charge < -0.3 is 5.73 Å². The highest BCUT2D eigenvalue weighted by molar-refractivity contribution is 7.89. The molecule has 0 aliphatic heterocycles. The number of fused-ring (bicyclic) bond motifs is 1. The number of nitrogens with two attached hydrogens (primary N) is 1. The molecule has 2 aromatic rings. The molecule has 2 unspecified atom stereocenters. The summed E-state index contributed by atoms with van der Waals surface area (Å²) < 4.78 is 27.9. The molecule has 3 rings (SSSR count). The number of nitrogens with one attached hydrogen (secondary N) is 1. The molecule has 0 saturated heterocycles. The second kappa shape index (κ2) is 6.32. The summed E-state index contributed by atoms with van der Waals surface area (Å²) in [7, 11) is -3.53. The third-order valence-corrected chi connectivity index (χ3v) is 5.76. The SMILES string of the molecule is NC1CCCC(CNS(=O)(=O)c2cccc3ncccc23)C1. The van der Waals surface area contributed by atoms with Gasteiger partial charge in [-0.15, -0.1) is 0 Å². The summed E-state index contributed by atoms with van der Waals surface area (Å²) in [6, 6.07) is 8.90. The Bertz CT molecular complexity index is 756. The van der Waals surface area contributed by atoms with Crippen LogP contribution >= 0.6 is 0 Å². The van der Waals surface area contributed by atoms with E-state index in [1.165, 1.54) is 0 Å². The average molecular weight is 319 g/mol. The molecule has 1 aliphatic rings. The summed E-state index contributed by atoms with van der Waals surface area (Å²) in [6.45, 7) is 0.451. The monoisotopic (exact) mass is 319 g/mol. The van der Waals surface area contributed by atoms with Crippen LogP contribution in [0.25, 0.3) is 10.9 Å². The van der Waals surface area contributed by atoms with Crippen LogP contribution in [-0.2, 0) is 10.0 Å². The summed E-state index contributed by atoms with van der Waals surface area (Å²) in [5.41, 5.74) is 6.65. The first-order valence-electron chi connectivity index (χ1n) is 7.65. The Hall–Kier alpha value is -1.50. The summed E-state index contributed by atoms with van der Waals surface area (Å²) in [5.74, 6) is 0.326. The molecule has 22 heavy (non-hydrogen) atoms. The van der Waals surface area contributed by atoms with Gasteiger partial charge >= 0.3 is 0 Å². The van der Waals surface area contributed by atoms with Crippen molar-refractivity contribution in [3.05, 3.63) is 36.5 Å². The summed E-state index contributed by atoms with van der Waals surface area (Å²) in [6.07, 6.45) is 5.70. The Balaban J connectivity index is 1.80. The Kier molecular flexibility index (Phi) is 4.42. The maximum absolute atomic E-state index is 12.6. The lowest BCUT2D eigenvalue weighted by molar-refractivity contribution is 0.322. The minimum Gasteiger partial charge on any atom is -0.328 e. The minimum atomic E-state index is -3.53. The first kappa shape index (κ1) is 15.4. The molecule has 1 aromatic heterocycles. The van der Waals surface area contributed by atoms with Gasteiger partial charge in [0.2, 0.25) is 10.0 Å². The smallest absolute Gasteiger partial charge is 0.241 e. The molecule has 1 aromatic carbocycles. The third kappa shape index (κ3) is 3.29. The number of sulfonamides is 1. The zero-order valence-corrected chi connectivity index (χ0v) is 13.2. The first-order valence-corrected chi connectivity index (χ1v) is 9.13. The molecular weight excluding hydrogens is 298 g/mol. The van der Waals surface area contributed by atoms with Gasteiger partial charge in [0.15, 0.2) is 0 Å². The van der Waals surface area contributed by atoms with E-state index in [0.29, 0.717) is 28.3 Å². The maximum Gasteiger partial charge on any atom is 0.241 e. The van der Waals surface area contributed by atoms with Crippen LogP contribution in [0.1, 0.15) is 25.7 Å². The van der Waals surface area contributed by atoms with Gasteiger partial charge in [0.05, 0.1) is 10.4 Å². The second-order valence-electron chi connectivity index (χ2n) is 5.97. The molecule has 5 nitrogen and oxygen atoms in total. The van der Waals surface area contributed by atoms with Crippen molar-refractivity contribution in [2.45, 2.75) is 36.6 Å². The molecule has 118 valence electrons. The molecule has 1 heterocycles. The fraction of sp³-hybridized carbons (Fsp3) is 0.438. The van der Waals surface area contributed by atoms with Crippen molar-refractivity contribution in [2.75, 3.05) is 6.54 Å². The predicted octanol–water partition coefficient (Wildman–Crippen LogP) is 2.03. The fourth-order valence-electron chi connectivity index (χ4n) is 3.13. The van der Waals surface area contributed by atoms with Crippen LogP contribution in [0.15, 0.2) is 41.4 Å². The lowest BCUT2D eigenvalue weighted by atomic mass is 9.86. The summed E-state index contributed by atoms with van der Waals surface area (Å²) in [4.78, 5) is 4.50. The van der Waals surface area contributed by atoms with E-state index >= 15 is 0 Å². The fourth-order valence-corrected chi connectivity index (χ4v) is 4.46. The molecule has 6 heteroatoms. The number of hydrogen-bond acceptors (Lipinski definition) is 4. The van der Waals surface area contributed by atoms with Crippen LogP contribution in [0.3, 0.4) is 0 Å². The standard InChI is InChI=1S/C16H21N3O2S/c17-13-5-1-4-12(10-13)11-19-22(20,21)16-8-2-7-15-14(16)6-3-9-18-15/h2-3,6-9,12-13,19H,1,4-5,10-11,17H2. The number of aromatic nitrogens is 1. The number of pyridine rings is 1. The van der Waals surface area contributed by atoms with Crippen LogP contribution in [-0.4, -0.2) is 26.0 Å². The number of rotatable bonds is 4. The van der Waals surface area contributed by atoms with Gasteiger partial charge in [-0.05, 0) is 49.4 Å². The highest BCUT2D eigenvalue weighted by Gasteiger charge is 2.23. The lowest BCUT2D eigenvalue weighted by Gasteiger charge is -2.26. The Morgan fingerprint density at radius 2 is 2.09 bits per heavy atom. The van der Waals surface area contributed by atoms with Crippen LogP contribution in [0.4, 0.5) is 0 Å². The molecule has 0 amide bonds. The van der Waals surface area contributed by atoms with Gasteiger partial charge in [-0.1, -0.05) is 12.5 Å². The van der Waals surface area contributed by atoms with Gasteiger partial charge in [0, 0.05) is 24.2 Å². The zero-order chi connectivity index (χ0) is 15.6. The van der Waals surface area contributed by atoms with E-state index in [2.05, 4.69) is 9.71 Å². The zero-order valence-electron chi connectivity index (χ0n) is 12.4. The molecule has 0 radical (unpaired) electrons. The van der Waals surface area contributed by atoms with E-state index in [0.717, 1.165) is 25.7 Å². The minimum absolute atomic E-state index is 0.199. The summed E-state index contributed by atoms with van der Waals surface area (Å²) in [5, 5.41) is 0.651. The van der Waals surface area contributed by atoms with E-state index < -0.39 is 10.0 Å². The van der Waals surface area contributed by atoms with Gasteiger partial charge in [-0.2, -0.15) is 0 Å². The molecule has 1 aliphatic carbocycles. The second-order valence-corrected chi connectivity index (χ2v) is 7.71. The van der Waals surface area contributed by atoms with Crippen molar-refractivity contribution in [2.24, 2.45) is 11.7 Å². The van der Waals surface area contributed by atoms with Gasteiger partial charge in [-0.3, -0.25) is 4.98 Å². The van der Waals surface area contributed by atoms with Gasteiger partial charge in [0.1, 0.15) is 0 Å². The van der Waals surface area contributed by atoms with E-state index in [-0.39, 0.29) is 6.04 Å². The third-order valence-electron chi connectivity index (χ3n) is 4.28. The van der Waals surface area contributed by atoms with Crippen molar-refractivity contribution >= 4 is 20.9 Å². The van der Waals surface area contributed by atoms with Crippen LogP contribution in [0, 0.1) is 5.92 Å². The first-order chi connectivity index (χ1) is 10.6. The van der Waals surface area contributed by atoms with E-state index in [4.69, 9.17) is 5.73 Å². The Labute approximate surface area is 131 Å². The molecule has 1 fully saturated rings. The molecule has 3 N–H and O–H groups in total. The number of nitrogens with zero attached hydrogens (tertiary/aromatic N) is 1. The van der Waals surface area contributed by atoms with Crippen LogP contribution in [0.2, 0.25) is 0 Å². The molecular formula is C16H21N3O2S. The van der Waals surface area contributed by atoms with Crippen molar-refractivity contribution in [3.8, 4) is 0 Å². The lowest BCUT2D eigenvalue weighted by Crippen LogP contribution is -2.35. The van der Waals surface area contributed by atoms with Crippen molar-refractivity contribution in [1.29, 1.82) is 0 Å². The molecule has 0 bridgehead atoms. The normalized spacial score (nSPS) is 22.8. The molecule has 1 saturated carbocycles. The highest BCUT2D eigenvalue weighted by Crippen LogP contribution is 2.24. The topological polar surface area (TPSA) is 85.1 Å². The largest absolute Gasteiger partial charge is 0.328 e. The highest BCUT2D eigenvalue weighted by atomic mass is 32.2. The quantitative estimate of drug-likeness (QED) is 0.903. The van der Waals surface area contributed by atoms with Crippen LogP contribution < -0.4 is 10.5 Å². The molecule has 2 atom stereocenters. The Morgan fingerprint density at radius 1 is 1.23 bits per heavy atom. The van der Waals surface area contributed by atoms with Crippen LogP contribution in [0.5, 0.6) is 0 Å². The Morgan fingerprint density at radius 3 is 2.91 bits per heavy atom. The predicted molar refractivity (Wildman–Crippen MR) is 86.9 cm³/mol.